The van der Waals surface area contributed by atoms with Gasteiger partial charge in [0.25, 0.3) is 0 Å². The van der Waals surface area contributed by atoms with Crippen LogP contribution in [0.4, 0.5) is 4.79 Å². The Kier molecular flexibility index (Phi) is 2.76. The van der Waals surface area contributed by atoms with E-state index in [1.165, 1.54) is 17.1 Å². The van der Waals surface area contributed by atoms with Crippen LogP contribution in [-0.2, 0) is 4.74 Å². The zero-order valence-electron chi connectivity index (χ0n) is 7.64. The number of ether oxygens (including phenoxy) is 1. The zero-order chi connectivity index (χ0) is 9.80. The lowest BCUT2D eigenvalue weighted by Crippen LogP contribution is -2.34. The average Bonchev–Trinajstić information content (AvgIpc) is 2.87. The Morgan fingerprint density at radius 3 is 3.29 bits per heavy atom. The third-order valence-electron chi connectivity index (χ3n) is 2.05. The molecule has 2 heterocycles. The van der Waals surface area contributed by atoms with E-state index in [-0.39, 0.29) is 6.04 Å². The van der Waals surface area contributed by atoms with Gasteiger partial charge in [-0.05, 0) is 6.42 Å². The molecule has 6 nitrogen and oxygen atoms in total. The maximum Gasteiger partial charge on any atom is 0.419 e. The molecule has 2 rings (SSSR count). The molecule has 0 saturated carbocycles. The molecule has 0 aromatic carbocycles. The van der Waals surface area contributed by atoms with Crippen LogP contribution >= 0.6 is 0 Å². The van der Waals surface area contributed by atoms with Crippen molar-refractivity contribution < 1.29 is 9.53 Å². The number of hydrazine groups is 1. The Morgan fingerprint density at radius 2 is 2.64 bits per heavy atom. The molecule has 76 valence electrons. The molecule has 1 aromatic rings. The Hall–Kier alpha value is -1.40. The Morgan fingerprint density at radius 1 is 1.71 bits per heavy atom. The number of aromatic nitrogens is 2. The molecule has 2 N–H and O–H groups in total. The van der Waals surface area contributed by atoms with Gasteiger partial charge in [0.15, 0.2) is 0 Å². The van der Waals surface area contributed by atoms with Crippen molar-refractivity contribution in [3.8, 4) is 0 Å². The van der Waals surface area contributed by atoms with Crippen molar-refractivity contribution in [3.05, 3.63) is 18.7 Å². The molecule has 1 saturated heterocycles. The molecule has 0 radical (unpaired) electrons. The van der Waals surface area contributed by atoms with E-state index in [0.29, 0.717) is 6.61 Å². The van der Waals surface area contributed by atoms with Crippen LogP contribution in [0.15, 0.2) is 18.7 Å². The number of rotatable bonds is 2. The molecule has 6 heteroatoms. The molecule has 1 unspecified atom stereocenters. The van der Waals surface area contributed by atoms with Crippen molar-refractivity contribution in [3.63, 3.8) is 0 Å². The Bertz CT molecular complexity index is 292. The number of carbonyl (C=O) groups excluding carboxylic acids is 1. The minimum absolute atomic E-state index is 0.211. The van der Waals surface area contributed by atoms with E-state index in [1.54, 1.807) is 6.20 Å². The van der Waals surface area contributed by atoms with Crippen LogP contribution in [-0.4, -0.2) is 34.8 Å². The highest BCUT2D eigenvalue weighted by molar-refractivity contribution is 5.69. The fourth-order valence-electron chi connectivity index (χ4n) is 1.27. The maximum atomic E-state index is 11.3. The molecule has 14 heavy (non-hydrogen) atoms. The van der Waals surface area contributed by atoms with Gasteiger partial charge in [0.2, 0.25) is 0 Å². The smallest absolute Gasteiger partial charge is 0.419 e. The van der Waals surface area contributed by atoms with Gasteiger partial charge in [-0.3, -0.25) is 10.9 Å². The van der Waals surface area contributed by atoms with Gasteiger partial charge in [0.05, 0.1) is 6.04 Å². The van der Waals surface area contributed by atoms with E-state index in [2.05, 4.69) is 15.8 Å². The quantitative estimate of drug-likeness (QED) is 0.681. The summed E-state index contributed by atoms with van der Waals surface area (Å²) in [5, 5.41) is 0. The third-order valence-corrected chi connectivity index (χ3v) is 2.05. The number of carbonyl (C=O) groups is 1. The highest BCUT2D eigenvalue weighted by Gasteiger charge is 2.16. The predicted octanol–water partition coefficient (Wildman–Crippen LogP) is -0.266. The van der Waals surface area contributed by atoms with Crippen LogP contribution in [0.5, 0.6) is 0 Å². The van der Waals surface area contributed by atoms with Crippen molar-refractivity contribution in [2.24, 2.45) is 0 Å². The standard InChI is InChI=1S/C8H12N4O2/c13-8(12-4-3-9-6-12)14-5-7-1-2-10-11-7/h3-4,6-7,10-11H,1-2,5H2. The first-order valence-corrected chi connectivity index (χ1v) is 4.50. The average molecular weight is 196 g/mol. The fraction of sp³-hybridized carbons (Fsp3) is 0.500. The van der Waals surface area contributed by atoms with Gasteiger partial charge in [0, 0.05) is 18.9 Å². The summed E-state index contributed by atoms with van der Waals surface area (Å²) >= 11 is 0. The second kappa shape index (κ2) is 4.21. The van der Waals surface area contributed by atoms with Crippen LogP contribution in [0.3, 0.4) is 0 Å². The second-order valence-corrected chi connectivity index (χ2v) is 3.10. The summed E-state index contributed by atoms with van der Waals surface area (Å²) in [6, 6.07) is 0.211. The van der Waals surface area contributed by atoms with Crippen molar-refractivity contribution in [1.82, 2.24) is 20.4 Å². The minimum atomic E-state index is -0.392. The van der Waals surface area contributed by atoms with Gasteiger partial charge in [-0.1, -0.05) is 0 Å². The van der Waals surface area contributed by atoms with E-state index in [1.807, 2.05) is 0 Å². The van der Waals surface area contributed by atoms with Gasteiger partial charge in [-0.25, -0.2) is 14.3 Å². The highest BCUT2D eigenvalue weighted by atomic mass is 16.5. The largest absolute Gasteiger partial charge is 0.447 e. The normalized spacial score (nSPS) is 21.0. The molecule has 0 amide bonds. The minimum Gasteiger partial charge on any atom is -0.447 e. The molecular weight excluding hydrogens is 184 g/mol. The van der Waals surface area contributed by atoms with E-state index in [0.717, 1.165) is 13.0 Å². The first-order chi connectivity index (χ1) is 6.86. The summed E-state index contributed by atoms with van der Waals surface area (Å²) in [5.74, 6) is 0. The molecule has 0 aliphatic carbocycles. The van der Waals surface area contributed by atoms with Crippen molar-refractivity contribution in [1.29, 1.82) is 0 Å². The van der Waals surface area contributed by atoms with Gasteiger partial charge in [0.1, 0.15) is 12.9 Å². The van der Waals surface area contributed by atoms with Gasteiger partial charge >= 0.3 is 6.09 Å². The molecular formula is C8H12N4O2. The number of nitrogens with one attached hydrogen (secondary N) is 2. The van der Waals surface area contributed by atoms with E-state index in [4.69, 9.17) is 4.74 Å². The predicted molar refractivity (Wildman–Crippen MR) is 48.5 cm³/mol. The number of imidazole rings is 1. The molecule has 1 aromatic heterocycles. The summed E-state index contributed by atoms with van der Waals surface area (Å²) in [7, 11) is 0. The van der Waals surface area contributed by atoms with E-state index >= 15 is 0 Å². The van der Waals surface area contributed by atoms with E-state index < -0.39 is 6.09 Å². The molecule has 1 aliphatic heterocycles. The van der Waals surface area contributed by atoms with Gasteiger partial charge in [-0.15, -0.1) is 0 Å². The highest BCUT2D eigenvalue weighted by Crippen LogP contribution is 1.98. The topological polar surface area (TPSA) is 68.2 Å². The van der Waals surface area contributed by atoms with Crippen molar-refractivity contribution >= 4 is 6.09 Å². The maximum absolute atomic E-state index is 11.3. The molecule has 1 atom stereocenters. The van der Waals surface area contributed by atoms with Gasteiger partial charge < -0.3 is 4.74 Å². The molecule has 0 spiro atoms. The Balaban J connectivity index is 1.78. The van der Waals surface area contributed by atoms with E-state index in [9.17, 15) is 4.79 Å². The Labute approximate surface area is 81.2 Å². The van der Waals surface area contributed by atoms with Crippen LogP contribution in [0.2, 0.25) is 0 Å². The monoisotopic (exact) mass is 196 g/mol. The van der Waals surface area contributed by atoms with Crippen LogP contribution in [0.25, 0.3) is 0 Å². The molecule has 0 bridgehead atoms. The van der Waals surface area contributed by atoms with Gasteiger partial charge in [-0.2, -0.15) is 0 Å². The van der Waals surface area contributed by atoms with Crippen LogP contribution < -0.4 is 10.9 Å². The van der Waals surface area contributed by atoms with Crippen LogP contribution in [0.1, 0.15) is 6.42 Å². The summed E-state index contributed by atoms with van der Waals surface area (Å²) in [6.07, 6.45) is 5.09. The summed E-state index contributed by atoms with van der Waals surface area (Å²) in [6.45, 7) is 1.29. The van der Waals surface area contributed by atoms with Crippen LogP contribution in [0, 0.1) is 0 Å². The summed E-state index contributed by atoms with van der Waals surface area (Å²) in [5.41, 5.74) is 5.98. The third kappa shape index (κ3) is 2.09. The van der Waals surface area contributed by atoms with Crippen molar-refractivity contribution in [2.45, 2.75) is 12.5 Å². The molecule has 1 aliphatic rings. The summed E-state index contributed by atoms with van der Waals surface area (Å²) in [4.78, 5) is 15.1. The zero-order valence-corrected chi connectivity index (χ0v) is 7.64. The van der Waals surface area contributed by atoms with Crippen molar-refractivity contribution in [2.75, 3.05) is 13.2 Å². The lowest BCUT2D eigenvalue weighted by atomic mass is 10.3. The second-order valence-electron chi connectivity index (χ2n) is 3.10. The number of nitrogens with zero attached hydrogens (tertiary/aromatic N) is 2. The SMILES string of the molecule is O=C(OCC1CCNN1)n1ccnc1. The summed E-state index contributed by atoms with van der Waals surface area (Å²) < 4.78 is 6.36. The fourth-order valence-corrected chi connectivity index (χ4v) is 1.27. The first-order valence-electron chi connectivity index (χ1n) is 4.50. The number of hydrogen-bond acceptors (Lipinski definition) is 5. The lowest BCUT2D eigenvalue weighted by molar-refractivity contribution is 0.137. The first kappa shape index (κ1) is 9.17. The molecule has 1 fully saturated rings. The lowest BCUT2D eigenvalue weighted by Gasteiger charge is -2.09. The number of hydrogen-bond donors (Lipinski definition) is 2.